The van der Waals surface area contributed by atoms with Crippen LogP contribution in [-0.4, -0.2) is 11.5 Å². The molecule has 0 bridgehead atoms. The fourth-order valence-corrected chi connectivity index (χ4v) is 2.18. The van der Waals surface area contributed by atoms with Gasteiger partial charge in [0.2, 0.25) is 0 Å². The number of pyridine rings is 1. The lowest BCUT2D eigenvalue weighted by Gasteiger charge is -2.14. The summed E-state index contributed by atoms with van der Waals surface area (Å²) < 4.78 is 0. The SMILES string of the molecule is CCCNC(C)c1cccc(-c2cncc(C)c2)c1. The van der Waals surface area contributed by atoms with Crippen molar-refractivity contribution in [3.8, 4) is 11.1 Å². The number of hydrogen-bond acceptors (Lipinski definition) is 2. The minimum Gasteiger partial charge on any atom is -0.310 e. The van der Waals surface area contributed by atoms with Crippen molar-refractivity contribution < 1.29 is 0 Å². The Kier molecular flexibility index (Phi) is 4.69. The second-order valence-corrected chi connectivity index (χ2v) is 5.05. The third kappa shape index (κ3) is 3.65. The van der Waals surface area contributed by atoms with Crippen molar-refractivity contribution in [1.29, 1.82) is 0 Å². The highest BCUT2D eigenvalue weighted by molar-refractivity contribution is 5.63. The smallest absolute Gasteiger partial charge is 0.0346 e. The van der Waals surface area contributed by atoms with E-state index in [1.807, 2.05) is 12.4 Å². The van der Waals surface area contributed by atoms with E-state index in [2.05, 4.69) is 61.4 Å². The molecule has 0 saturated heterocycles. The fraction of sp³-hybridized carbons (Fsp3) is 0.353. The average Bonchev–Trinajstić information content (AvgIpc) is 2.45. The van der Waals surface area contributed by atoms with Crippen LogP contribution in [0, 0.1) is 6.92 Å². The molecule has 0 aliphatic rings. The van der Waals surface area contributed by atoms with E-state index in [4.69, 9.17) is 0 Å². The van der Waals surface area contributed by atoms with Gasteiger partial charge in [-0.05, 0) is 55.6 Å². The molecule has 2 rings (SSSR count). The first-order valence-electron chi connectivity index (χ1n) is 6.96. The molecule has 100 valence electrons. The first kappa shape index (κ1) is 13.8. The third-order valence-electron chi connectivity index (χ3n) is 3.30. The summed E-state index contributed by atoms with van der Waals surface area (Å²) in [5, 5.41) is 3.52. The number of rotatable bonds is 5. The summed E-state index contributed by atoms with van der Waals surface area (Å²) in [5.74, 6) is 0. The Bertz CT molecular complexity index is 534. The van der Waals surface area contributed by atoms with E-state index in [1.54, 1.807) is 0 Å². The van der Waals surface area contributed by atoms with Gasteiger partial charge < -0.3 is 5.32 Å². The van der Waals surface area contributed by atoms with Gasteiger partial charge in [0.1, 0.15) is 0 Å². The van der Waals surface area contributed by atoms with Crippen molar-refractivity contribution in [1.82, 2.24) is 10.3 Å². The molecule has 2 aromatic rings. The maximum atomic E-state index is 4.27. The highest BCUT2D eigenvalue weighted by atomic mass is 14.9. The first-order chi connectivity index (χ1) is 9.20. The first-order valence-corrected chi connectivity index (χ1v) is 6.96. The van der Waals surface area contributed by atoms with Crippen LogP contribution in [-0.2, 0) is 0 Å². The Morgan fingerprint density at radius 3 is 2.74 bits per heavy atom. The van der Waals surface area contributed by atoms with Crippen LogP contribution in [0.15, 0.2) is 42.7 Å². The lowest BCUT2D eigenvalue weighted by molar-refractivity contribution is 0.571. The number of benzene rings is 1. The maximum absolute atomic E-state index is 4.27. The number of hydrogen-bond donors (Lipinski definition) is 1. The van der Waals surface area contributed by atoms with Crippen LogP contribution in [0.1, 0.15) is 37.4 Å². The Labute approximate surface area is 115 Å². The van der Waals surface area contributed by atoms with E-state index >= 15 is 0 Å². The molecule has 2 nitrogen and oxygen atoms in total. The number of aromatic nitrogens is 1. The molecule has 19 heavy (non-hydrogen) atoms. The van der Waals surface area contributed by atoms with Gasteiger partial charge in [-0.3, -0.25) is 4.98 Å². The van der Waals surface area contributed by atoms with Gasteiger partial charge in [-0.2, -0.15) is 0 Å². The van der Waals surface area contributed by atoms with Gasteiger partial charge in [0, 0.05) is 24.0 Å². The van der Waals surface area contributed by atoms with Crippen molar-refractivity contribution >= 4 is 0 Å². The molecule has 0 aliphatic heterocycles. The Hall–Kier alpha value is -1.67. The second kappa shape index (κ2) is 6.48. The summed E-state index contributed by atoms with van der Waals surface area (Å²) in [4.78, 5) is 4.27. The molecule has 1 aromatic heterocycles. The molecule has 2 heteroatoms. The van der Waals surface area contributed by atoms with Crippen LogP contribution in [0.2, 0.25) is 0 Å². The van der Waals surface area contributed by atoms with Gasteiger partial charge in [0.25, 0.3) is 0 Å². The largest absolute Gasteiger partial charge is 0.310 e. The molecule has 0 fully saturated rings. The van der Waals surface area contributed by atoms with Gasteiger partial charge >= 0.3 is 0 Å². The van der Waals surface area contributed by atoms with E-state index in [-0.39, 0.29) is 0 Å². The Balaban J connectivity index is 2.24. The van der Waals surface area contributed by atoms with Crippen LogP contribution in [0.5, 0.6) is 0 Å². The minimum absolute atomic E-state index is 0.387. The molecule has 1 unspecified atom stereocenters. The number of aryl methyl sites for hydroxylation is 1. The highest BCUT2D eigenvalue weighted by Gasteiger charge is 2.06. The minimum atomic E-state index is 0.387. The quantitative estimate of drug-likeness (QED) is 0.868. The van der Waals surface area contributed by atoms with Crippen molar-refractivity contribution in [3.05, 3.63) is 53.9 Å². The molecule has 1 N–H and O–H groups in total. The molecule has 1 atom stereocenters. The summed E-state index contributed by atoms with van der Waals surface area (Å²) >= 11 is 0. The summed E-state index contributed by atoms with van der Waals surface area (Å²) in [6, 6.07) is 11.3. The van der Waals surface area contributed by atoms with Crippen molar-refractivity contribution in [2.24, 2.45) is 0 Å². The van der Waals surface area contributed by atoms with Crippen LogP contribution in [0.3, 0.4) is 0 Å². The lowest BCUT2D eigenvalue weighted by atomic mass is 10.0. The van der Waals surface area contributed by atoms with E-state index in [1.165, 1.54) is 22.3 Å². The fourth-order valence-electron chi connectivity index (χ4n) is 2.18. The molecule has 0 saturated carbocycles. The molecule has 0 spiro atoms. The summed E-state index contributed by atoms with van der Waals surface area (Å²) in [6.45, 7) is 7.53. The van der Waals surface area contributed by atoms with E-state index < -0.39 is 0 Å². The van der Waals surface area contributed by atoms with Gasteiger partial charge in [-0.25, -0.2) is 0 Å². The number of nitrogens with one attached hydrogen (secondary N) is 1. The van der Waals surface area contributed by atoms with Crippen molar-refractivity contribution in [2.45, 2.75) is 33.2 Å². The Morgan fingerprint density at radius 2 is 2.00 bits per heavy atom. The van der Waals surface area contributed by atoms with Crippen LogP contribution >= 0.6 is 0 Å². The Morgan fingerprint density at radius 1 is 1.16 bits per heavy atom. The monoisotopic (exact) mass is 254 g/mol. The molecule has 0 radical (unpaired) electrons. The predicted molar refractivity (Wildman–Crippen MR) is 81.1 cm³/mol. The van der Waals surface area contributed by atoms with Crippen LogP contribution < -0.4 is 5.32 Å². The van der Waals surface area contributed by atoms with Gasteiger partial charge in [-0.1, -0.05) is 25.1 Å². The lowest BCUT2D eigenvalue weighted by Crippen LogP contribution is -2.19. The van der Waals surface area contributed by atoms with E-state index in [0.29, 0.717) is 6.04 Å². The van der Waals surface area contributed by atoms with Crippen molar-refractivity contribution in [3.63, 3.8) is 0 Å². The highest BCUT2D eigenvalue weighted by Crippen LogP contribution is 2.23. The van der Waals surface area contributed by atoms with Crippen molar-refractivity contribution in [2.75, 3.05) is 6.54 Å². The summed E-state index contributed by atoms with van der Waals surface area (Å²) in [5.41, 5.74) is 4.94. The molecular formula is C17H22N2. The number of nitrogens with zero attached hydrogens (tertiary/aromatic N) is 1. The third-order valence-corrected chi connectivity index (χ3v) is 3.30. The molecule has 1 aromatic carbocycles. The molecule has 1 heterocycles. The average molecular weight is 254 g/mol. The molecule has 0 amide bonds. The van der Waals surface area contributed by atoms with Crippen LogP contribution in [0.4, 0.5) is 0 Å². The normalized spacial score (nSPS) is 12.4. The van der Waals surface area contributed by atoms with Gasteiger partial charge in [0.05, 0.1) is 0 Å². The van der Waals surface area contributed by atoms with E-state index in [9.17, 15) is 0 Å². The standard InChI is InChI=1S/C17H22N2/c1-4-8-19-14(3)15-6-5-7-16(10-15)17-9-13(2)11-18-12-17/h5-7,9-12,14,19H,4,8H2,1-3H3. The zero-order valence-corrected chi connectivity index (χ0v) is 12.0. The van der Waals surface area contributed by atoms with Gasteiger partial charge in [-0.15, -0.1) is 0 Å². The summed E-state index contributed by atoms with van der Waals surface area (Å²) in [6.07, 6.45) is 4.97. The summed E-state index contributed by atoms with van der Waals surface area (Å²) in [7, 11) is 0. The van der Waals surface area contributed by atoms with E-state index in [0.717, 1.165) is 13.0 Å². The topological polar surface area (TPSA) is 24.9 Å². The molecular weight excluding hydrogens is 232 g/mol. The maximum Gasteiger partial charge on any atom is 0.0346 e. The zero-order chi connectivity index (χ0) is 13.7. The zero-order valence-electron chi connectivity index (χ0n) is 12.0. The molecule has 0 aliphatic carbocycles. The van der Waals surface area contributed by atoms with Crippen LogP contribution in [0.25, 0.3) is 11.1 Å². The second-order valence-electron chi connectivity index (χ2n) is 5.05. The van der Waals surface area contributed by atoms with Gasteiger partial charge in [0.15, 0.2) is 0 Å². The predicted octanol–water partition coefficient (Wildman–Crippen LogP) is 4.12.